The maximum atomic E-state index is 12.5. The summed E-state index contributed by atoms with van der Waals surface area (Å²) in [5, 5.41) is 0. The molecule has 8 atom stereocenters. The predicted molar refractivity (Wildman–Crippen MR) is 155 cm³/mol. The zero-order chi connectivity index (χ0) is 27.1. The van der Waals surface area contributed by atoms with E-state index in [9.17, 15) is 4.79 Å². The lowest BCUT2D eigenvalue weighted by molar-refractivity contribution is -0.0597. The van der Waals surface area contributed by atoms with Crippen LogP contribution in [0.3, 0.4) is 0 Å². The summed E-state index contributed by atoms with van der Waals surface area (Å²) in [5.41, 5.74) is 3.50. The molecule has 4 aliphatic carbocycles. The molecule has 0 bridgehead atoms. The molecule has 3 nitrogen and oxygen atoms in total. The predicted octanol–water partition coefficient (Wildman–Crippen LogP) is 9.92. The molecule has 0 aliphatic heterocycles. The van der Waals surface area contributed by atoms with Gasteiger partial charge in [-0.05, 0) is 110 Å². The first-order valence-corrected chi connectivity index (χ1v) is 15.7. The summed E-state index contributed by atoms with van der Waals surface area (Å²) in [7, 11) is 0. The molecule has 0 unspecified atom stereocenters. The topological polar surface area (TPSA) is 35.5 Å². The molecule has 3 fully saturated rings. The molecule has 0 heterocycles. The fourth-order valence-corrected chi connectivity index (χ4v) is 9.62. The number of ether oxygens (including phenoxy) is 2. The van der Waals surface area contributed by atoms with Gasteiger partial charge in [-0.2, -0.15) is 0 Å². The highest BCUT2D eigenvalue weighted by Gasteiger charge is 2.59. The first kappa shape index (κ1) is 27.8. The van der Waals surface area contributed by atoms with Crippen molar-refractivity contribution in [1.82, 2.24) is 0 Å². The number of benzene rings is 1. The van der Waals surface area contributed by atoms with E-state index in [4.69, 9.17) is 9.47 Å². The van der Waals surface area contributed by atoms with Gasteiger partial charge < -0.3 is 9.47 Å². The molecule has 0 spiro atoms. The van der Waals surface area contributed by atoms with Gasteiger partial charge in [-0.15, -0.1) is 0 Å². The summed E-state index contributed by atoms with van der Waals surface area (Å²) >= 11 is 0. The largest absolute Gasteiger partial charge is 0.514 e. The van der Waals surface area contributed by atoms with Crippen molar-refractivity contribution >= 4 is 6.16 Å². The minimum absolute atomic E-state index is 0.0692. The number of fused-ring (bicyclic) bond motifs is 5. The molecule has 210 valence electrons. The second-order valence-electron chi connectivity index (χ2n) is 14.4. The maximum absolute atomic E-state index is 12.5. The van der Waals surface area contributed by atoms with Crippen LogP contribution in [0.5, 0.6) is 5.75 Å². The molecule has 0 N–H and O–H groups in total. The van der Waals surface area contributed by atoms with Crippen LogP contribution >= 0.6 is 0 Å². The Balaban J connectivity index is 1.21. The minimum atomic E-state index is -0.565. The summed E-state index contributed by atoms with van der Waals surface area (Å²) in [6.45, 7) is 14.5. The third-order valence-electron chi connectivity index (χ3n) is 11.7. The Morgan fingerprint density at radius 1 is 0.974 bits per heavy atom. The molecule has 3 saturated carbocycles. The van der Waals surface area contributed by atoms with Crippen LogP contribution in [0.1, 0.15) is 111 Å². The smallest absolute Gasteiger partial charge is 0.430 e. The first-order valence-electron chi connectivity index (χ1n) is 15.7. The van der Waals surface area contributed by atoms with E-state index in [1.54, 1.807) is 5.57 Å². The minimum Gasteiger partial charge on any atom is -0.430 e. The molecule has 0 radical (unpaired) electrons. The Labute approximate surface area is 232 Å². The van der Waals surface area contributed by atoms with Crippen molar-refractivity contribution in [1.29, 1.82) is 0 Å². The highest BCUT2D eigenvalue weighted by atomic mass is 16.7. The van der Waals surface area contributed by atoms with Crippen LogP contribution in [-0.2, 0) is 4.74 Å². The van der Waals surface area contributed by atoms with Gasteiger partial charge in [0.1, 0.15) is 11.9 Å². The number of rotatable bonds is 7. The molecular weight excluding hydrogens is 468 g/mol. The number of allylic oxidation sites excluding steroid dienone is 1. The van der Waals surface area contributed by atoms with Crippen molar-refractivity contribution in [2.75, 3.05) is 0 Å². The summed E-state index contributed by atoms with van der Waals surface area (Å²) in [6.07, 6.45) is 16.0. The molecule has 1 aromatic rings. The van der Waals surface area contributed by atoms with Crippen LogP contribution in [0.15, 0.2) is 35.9 Å². The molecule has 0 aromatic heterocycles. The van der Waals surface area contributed by atoms with Gasteiger partial charge in [0.05, 0.1) is 0 Å². The van der Waals surface area contributed by atoms with Gasteiger partial charge in [0.25, 0.3) is 0 Å². The van der Waals surface area contributed by atoms with Crippen molar-refractivity contribution in [2.24, 2.45) is 46.3 Å². The maximum Gasteiger partial charge on any atom is 0.514 e. The molecule has 4 aliphatic rings. The van der Waals surface area contributed by atoms with Crippen molar-refractivity contribution in [3.05, 3.63) is 41.5 Å². The molecule has 1 aromatic carbocycles. The fraction of sp³-hybridized carbons (Fsp3) is 0.743. The number of aryl methyl sites for hydroxylation is 1. The molecular formula is C35H52O3. The van der Waals surface area contributed by atoms with Gasteiger partial charge in [-0.1, -0.05) is 83.2 Å². The summed E-state index contributed by atoms with van der Waals surface area (Å²) < 4.78 is 11.3. The summed E-state index contributed by atoms with van der Waals surface area (Å²) in [6, 6.07) is 7.56. The first-order chi connectivity index (χ1) is 18.1. The molecule has 0 amide bonds. The average molecular weight is 521 g/mol. The van der Waals surface area contributed by atoms with E-state index in [1.807, 2.05) is 31.2 Å². The second kappa shape index (κ2) is 11.0. The van der Waals surface area contributed by atoms with E-state index < -0.39 is 6.16 Å². The third-order valence-corrected chi connectivity index (χ3v) is 11.7. The van der Waals surface area contributed by atoms with E-state index >= 15 is 0 Å². The zero-order valence-corrected chi connectivity index (χ0v) is 24.9. The van der Waals surface area contributed by atoms with Crippen molar-refractivity contribution in [3.63, 3.8) is 0 Å². The van der Waals surface area contributed by atoms with Crippen LogP contribution in [0.4, 0.5) is 4.79 Å². The summed E-state index contributed by atoms with van der Waals surface area (Å²) in [4.78, 5) is 12.5. The Morgan fingerprint density at radius 2 is 1.74 bits per heavy atom. The molecule has 0 saturated heterocycles. The highest BCUT2D eigenvalue weighted by molar-refractivity contribution is 5.64. The van der Waals surface area contributed by atoms with Gasteiger partial charge in [-0.3, -0.25) is 0 Å². The Morgan fingerprint density at radius 3 is 2.47 bits per heavy atom. The standard InChI is InChI=1S/C35H52O3/c1-23(2)8-7-9-25(4)30-16-17-31-29-15-12-26-22-28(38-33(36)37-27-13-10-24(3)11-14-27)18-20-34(26,5)32(29)19-21-35(30,31)6/h10-14,23,25,28-32H,7-9,15-22H2,1-6H3/t25-,28-,29+,30-,31-,32+,34-,35+/m1/s1. The van der Waals surface area contributed by atoms with Gasteiger partial charge >= 0.3 is 6.16 Å². The van der Waals surface area contributed by atoms with Crippen LogP contribution in [0.2, 0.25) is 0 Å². The molecule has 38 heavy (non-hydrogen) atoms. The average Bonchev–Trinajstić information content (AvgIpc) is 3.23. The summed E-state index contributed by atoms with van der Waals surface area (Å²) in [5.74, 6) is 5.64. The lowest BCUT2D eigenvalue weighted by Gasteiger charge is -2.58. The van der Waals surface area contributed by atoms with Gasteiger partial charge in [0.2, 0.25) is 0 Å². The Hall–Kier alpha value is -1.77. The lowest BCUT2D eigenvalue weighted by atomic mass is 9.47. The Kier molecular flexibility index (Phi) is 8.05. The fourth-order valence-electron chi connectivity index (χ4n) is 9.62. The van der Waals surface area contributed by atoms with E-state index in [0.717, 1.165) is 60.3 Å². The van der Waals surface area contributed by atoms with Gasteiger partial charge in [-0.25, -0.2) is 4.79 Å². The number of hydrogen-bond donors (Lipinski definition) is 0. The van der Waals surface area contributed by atoms with E-state index in [-0.39, 0.29) is 11.5 Å². The Bertz CT molecular complexity index is 1010. The van der Waals surface area contributed by atoms with Crippen molar-refractivity contribution in [2.45, 2.75) is 118 Å². The third kappa shape index (κ3) is 5.33. The number of hydrogen-bond acceptors (Lipinski definition) is 3. The van der Waals surface area contributed by atoms with Crippen molar-refractivity contribution in [3.8, 4) is 5.75 Å². The van der Waals surface area contributed by atoms with Crippen LogP contribution in [0, 0.1) is 53.3 Å². The van der Waals surface area contributed by atoms with Crippen LogP contribution in [0.25, 0.3) is 0 Å². The number of carbonyl (C=O) groups excluding carboxylic acids is 1. The zero-order valence-electron chi connectivity index (χ0n) is 24.9. The SMILES string of the molecule is Cc1ccc(OC(=O)O[C@@H]2CC[C@]3(C)C(=CC[C@H]4[C@H]5CC[C@H]([C@H](C)CCCC(C)C)[C@]5(C)CC[C@@H]43)C2)cc1. The second-order valence-corrected chi connectivity index (χ2v) is 14.4. The quantitative estimate of drug-likeness (QED) is 0.204. The van der Waals surface area contributed by atoms with Crippen LogP contribution in [-0.4, -0.2) is 12.3 Å². The van der Waals surface area contributed by atoms with E-state index in [2.05, 4.69) is 40.7 Å². The van der Waals surface area contributed by atoms with Crippen molar-refractivity contribution < 1.29 is 14.3 Å². The van der Waals surface area contributed by atoms with E-state index in [1.165, 1.54) is 51.4 Å². The molecule has 3 heteroatoms. The lowest BCUT2D eigenvalue weighted by Crippen LogP contribution is -2.51. The van der Waals surface area contributed by atoms with Crippen LogP contribution < -0.4 is 4.74 Å². The normalized spacial score (nSPS) is 37.0. The highest BCUT2D eigenvalue weighted by Crippen LogP contribution is 2.67. The monoisotopic (exact) mass is 520 g/mol. The number of carbonyl (C=O) groups is 1. The van der Waals surface area contributed by atoms with Gasteiger partial charge in [0, 0.05) is 6.42 Å². The molecule has 5 rings (SSSR count). The van der Waals surface area contributed by atoms with E-state index in [0.29, 0.717) is 11.2 Å². The van der Waals surface area contributed by atoms with Gasteiger partial charge in [0.15, 0.2) is 0 Å².